The average Bonchev–Trinajstić information content (AvgIpc) is 3.80. The van der Waals surface area contributed by atoms with Crippen LogP contribution in [0.3, 0.4) is 0 Å². The van der Waals surface area contributed by atoms with Gasteiger partial charge in [-0.3, -0.25) is 9.20 Å². The lowest BCUT2D eigenvalue weighted by molar-refractivity contribution is 0.429. The maximum atomic E-state index is 14.2. The van der Waals surface area contributed by atoms with Gasteiger partial charge in [-0.15, -0.1) is 0 Å². The molecular weight excluding hydrogens is 578 g/mol. The van der Waals surface area contributed by atoms with Gasteiger partial charge in [0.05, 0.1) is 11.0 Å². The highest BCUT2D eigenvalue weighted by atomic mass is 16.5. The summed E-state index contributed by atoms with van der Waals surface area (Å²) in [4.78, 5) is 14.2. The molecule has 4 nitrogen and oxygen atoms in total. The summed E-state index contributed by atoms with van der Waals surface area (Å²) in [6.07, 6.45) is 10.7. The molecule has 47 heavy (non-hydrogen) atoms. The molecule has 3 aliphatic rings. The Labute approximate surface area is 269 Å². The van der Waals surface area contributed by atoms with Crippen molar-refractivity contribution in [2.24, 2.45) is 0 Å². The van der Waals surface area contributed by atoms with E-state index < -0.39 is 0 Å². The molecule has 0 amide bonds. The standard InChI is InChI=1S/C43H27NO3/c45-43-33-12-2-1-9-28(33)35-22-25(27-14-8-16-32-30-11-4-6-18-39(30)47-42(27)32)23-36-34-21-24(19-20-37(34)44(43)40(35)36)26-13-7-15-31-29-10-3-5-17-38(29)46-41(26)31/h1-12,14-15,17-23,26,32H,13,16H2. The molecule has 2 unspecified atom stereocenters. The minimum Gasteiger partial charge on any atom is -0.460 e. The quantitative estimate of drug-likeness (QED) is 0.184. The lowest BCUT2D eigenvalue weighted by atomic mass is 9.85. The van der Waals surface area contributed by atoms with Crippen LogP contribution in [0.5, 0.6) is 5.75 Å². The second-order valence-electron chi connectivity index (χ2n) is 13.1. The zero-order chi connectivity index (χ0) is 30.8. The summed E-state index contributed by atoms with van der Waals surface area (Å²) in [5.41, 5.74) is 8.63. The van der Waals surface area contributed by atoms with Crippen LogP contribution in [0.2, 0.25) is 0 Å². The van der Waals surface area contributed by atoms with Crippen LogP contribution in [0.15, 0.2) is 136 Å². The molecule has 5 aromatic carbocycles. The van der Waals surface area contributed by atoms with Crippen molar-refractivity contribution in [1.29, 1.82) is 0 Å². The van der Waals surface area contributed by atoms with E-state index in [1.54, 1.807) is 0 Å². The van der Waals surface area contributed by atoms with Crippen molar-refractivity contribution in [2.75, 3.05) is 0 Å². The van der Waals surface area contributed by atoms with Gasteiger partial charge in [-0.1, -0.05) is 85.0 Å². The number of ether oxygens (including phenoxy) is 1. The van der Waals surface area contributed by atoms with Crippen molar-refractivity contribution in [3.05, 3.63) is 165 Å². The van der Waals surface area contributed by atoms with Gasteiger partial charge >= 0.3 is 0 Å². The Morgan fingerprint density at radius 2 is 1.40 bits per heavy atom. The SMILES string of the molecule is O=c1c2ccccc2c2cc(C3=C4Oc5ccccc5C4CC=C3)cc3c4cc(C5CC=Cc6c5oc5ccccc65)ccc4n1c23. The summed E-state index contributed by atoms with van der Waals surface area (Å²) in [5, 5.41) is 6.07. The van der Waals surface area contributed by atoms with E-state index in [1.807, 2.05) is 40.8 Å². The second kappa shape index (κ2) is 9.11. The minimum absolute atomic E-state index is 0.0167. The van der Waals surface area contributed by atoms with Gasteiger partial charge in [0, 0.05) is 55.5 Å². The Morgan fingerprint density at radius 1 is 0.660 bits per heavy atom. The molecule has 11 rings (SSSR count). The fourth-order valence-corrected chi connectivity index (χ4v) is 8.52. The maximum absolute atomic E-state index is 14.2. The van der Waals surface area contributed by atoms with Gasteiger partial charge in [-0.05, 0) is 71.8 Å². The number of rotatable bonds is 2. The largest absolute Gasteiger partial charge is 0.460 e. The smallest absolute Gasteiger partial charge is 0.263 e. The van der Waals surface area contributed by atoms with Crippen molar-refractivity contribution >= 4 is 60.6 Å². The predicted molar refractivity (Wildman–Crippen MR) is 190 cm³/mol. The van der Waals surface area contributed by atoms with Gasteiger partial charge in [-0.25, -0.2) is 0 Å². The van der Waals surface area contributed by atoms with Gasteiger partial charge in [0.2, 0.25) is 0 Å². The van der Waals surface area contributed by atoms with E-state index in [0.717, 1.165) is 95.7 Å². The maximum Gasteiger partial charge on any atom is 0.263 e. The number of benzene rings is 5. The van der Waals surface area contributed by atoms with E-state index in [9.17, 15) is 4.79 Å². The van der Waals surface area contributed by atoms with Crippen LogP contribution in [-0.4, -0.2) is 4.40 Å². The summed E-state index contributed by atoms with van der Waals surface area (Å²) in [6.45, 7) is 0. The van der Waals surface area contributed by atoms with E-state index in [-0.39, 0.29) is 17.4 Å². The van der Waals surface area contributed by atoms with E-state index >= 15 is 0 Å². The molecule has 1 aliphatic heterocycles. The lowest BCUT2D eigenvalue weighted by Crippen LogP contribution is -2.13. The van der Waals surface area contributed by atoms with Crippen molar-refractivity contribution in [3.8, 4) is 5.75 Å². The van der Waals surface area contributed by atoms with Crippen molar-refractivity contribution < 1.29 is 9.15 Å². The summed E-state index contributed by atoms with van der Waals surface area (Å²) < 4.78 is 15.0. The fourth-order valence-electron chi connectivity index (χ4n) is 8.52. The second-order valence-corrected chi connectivity index (χ2v) is 13.1. The van der Waals surface area contributed by atoms with Crippen LogP contribution in [0.1, 0.15) is 52.7 Å². The number of allylic oxidation sites excluding steroid dienone is 5. The van der Waals surface area contributed by atoms with Crippen LogP contribution >= 0.6 is 0 Å². The van der Waals surface area contributed by atoms with Crippen molar-refractivity contribution in [2.45, 2.75) is 24.7 Å². The third-order valence-electron chi connectivity index (χ3n) is 10.6. The first kappa shape index (κ1) is 25.3. The molecule has 4 heteroatoms. The molecule has 0 N–H and O–H groups in total. The number of furan rings is 1. The zero-order valence-electron chi connectivity index (χ0n) is 25.4. The van der Waals surface area contributed by atoms with Gasteiger partial charge in [0.15, 0.2) is 0 Å². The first-order valence-corrected chi connectivity index (χ1v) is 16.3. The molecule has 0 saturated carbocycles. The highest BCUT2D eigenvalue weighted by Crippen LogP contribution is 2.49. The molecule has 0 saturated heterocycles. The van der Waals surface area contributed by atoms with Crippen LogP contribution in [0.25, 0.3) is 60.6 Å². The van der Waals surface area contributed by atoms with Gasteiger partial charge < -0.3 is 9.15 Å². The molecule has 0 bridgehead atoms. The summed E-state index contributed by atoms with van der Waals surface area (Å²) in [5.74, 6) is 3.26. The number of fused-ring (bicyclic) bond motifs is 11. The third-order valence-corrected chi connectivity index (χ3v) is 10.6. The molecular formula is C43H27NO3. The lowest BCUT2D eigenvalue weighted by Gasteiger charge is -2.19. The highest BCUT2D eigenvalue weighted by molar-refractivity contribution is 6.21. The summed E-state index contributed by atoms with van der Waals surface area (Å²) in [7, 11) is 0. The summed E-state index contributed by atoms with van der Waals surface area (Å²) in [6, 6.07) is 35.8. The van der Waals surface area contributed by atoms with E-state index in [1.165, 1.54) is 11.1 Å². The first-order valence-electron chi connectivity index (χ1n) is 16.3. The monoisotopic (exact) mass is 605 g/mol. The van der Waals surface area contributed by atoms with E-state index in [4.69, 9.17) is 9.15 Å². The highest BCUT2D eigenvalue weighted by Gasteiger charge is 2.33. The Bertz CT molecular complexity index is 2810. The van der Waals surface area contributed by atoms with E-state index in [2.05, 4.69) is 91.0 Å². The number of hydrogen-bond donors (Lipinski definition) is 0. The van der Waals surface area contributed by atoms with Crippen LogP contribution in [0.4, 0.5) is 0 Å². The fraction of sp³-hybridized carbons (Fsp3) is 0.0930. The number of para-hydroxylation sites is 2. The normalized spacial score (nSPS) is 18.5. The molecule has 2 aliphatic carbocycles. The first-order chi connectivity index (χ1) is 23.2. The molecule has 222 valence electrons. The minimum atomic E-state index is 0.0167. The molecule has 3 aromatic heterocycles. The van der Waals surface area contributed by atoms with Crippen molar-refractivity contribution in [1.82, 2.24) is 4.40 Å². The van der Waals surface area contributed by atoms with Crippen LogP contribution in [-0.2, 0) is 0 Å². The molecule has 0 spiro atoms. The third kappa shape index (κ3) is 3.34. The predicted octanol–water partition coefficient (Wildman–Crippen LogP) is 10.3. The van der Waals surface area contributed by atoms with Gasteiger partial charge in [0.25, 0.3) is 5.56 Å². The molecule has 0 radical (unpaired) electrons. The number of pyridine rings is 1. The summed E-state index contributed by atoms with van der Waals surface area (Å²) >= 11 is 0. The Hall–Kier alpha value is -5.87. The number of hydrogen-bond acceptors (Lipinski definition) is 3. The van der Waals surface area contributed by atoms with Gasteiger partial charge in [0.1, 0.15) is 22.9 Å². The van der Waals surface area contributed by atoms with Crippen LogP contribution < -0.4 is 10.3 Å². The van der Waals surface area contributed by atoms with Gasteiger partial charge in [-0.2, -0.15) is 0 Å². The van der Waals surface area contributed by atoms with Crippen molar-refractivity contribution in [3.63, 3.8) is 0 Å². The average molecular weight is 606 g/mol. The zero-order valence-corrected chi connectivity index (χ0v) is 25.4. The van der Waals surface area contributed by atoms with E-state index in [0.29, 0.717) is 0 Å². The Morgan fingerprint density at radius 3 is 2.32 bits per heavy atom. The molecule has 4 heterocycles. The Balaban J connectivity index is 1.20. The molecule has 2 atom stereocenters. The number of aromatic nitrogens is 1. The molecule has 8 aromatic rings. The topological polar surface area (TPSA) is 43.8 Å². The van der Waals surface area contributed by atoms with Crippen LogP contribution in [0, 0.1) is 0 Å². The molecule has 0 fully saturated rings. The Kier molecular flexibility index (Phi) is 4.91. The number of nitrogens with zero attached hydrogens (tertiary/aromatic N) is 1.